The van der Waals surface area contributed by atoms with Gasteiger partial charge in [-0.1, -0.05) is 44.1 Å². The highest BCUT2D eigenvalue weighted by atomic mass is 16.5. The van der Waals surface area contributed by atoms with Gasteiger partial charge in [-0.2, -0.15) is 4.98 Å². The van der Waals surface area contributed by atoms with Crippen LogP contribution < -0.4 is 5.73 Å². The summed E-state index contributed by atoms with van der Waals surface area (Å²) in [5, 5.41) is 5.06. The van der Waals surface area contributed by atoms with Crippen LogP contribution >= 0.6 is 0 Å². The molecule has 1 unspecified atom stereocenters. The molecule has 0 spiro atoms. The number of benzene rings is 1. The van der Waals surface area contributed by atoms with Crippen LogP contribution in [0.4, 0.5) is 0 Å². The van der Waals surface area contributed by atoms with Gasteiger partial charge in [-0.05, 0) is 17.5 Å². The molecule has 0 aliphatic rings. The number of fused-ring (bicyclic) bond motifs is 1. The van der Waals surface area contributed by atoms with Crippen molar-refractivity contribution in [3.63, 3.8) is 0 Å². The maximum Gasteiger partial charge on any atom is 0.260 e. The van der Waals surface area contributed by atoms with E-state index in [0.717, 1.165) is 16.5 Å². The summed E-state index contributed by atoms with van der Waals surface area (Å²) in [6.07, 6.45) is 1.75. The van der Waals surface area contributed by atoms with Gasteiger partial charge in [-0.15, -0.1) is 0 Å². The lowest BCUT2D eigenvalue weighted by Crippen LogP contribution is -2.27. The second kappa shape index (κ2) is 4.93. The van der Waals surface area contributed by atoms with E-state index in [0.29, 0.717) is 11.7 Å². The Hall–Kier alpha value is -2.27. The number of hydrogen-bond acceptors (Lipinski definition) is 5. The maximum absolute atomic E-state index is 6.18. The van der Waals surface area contributed by atoms with Gasteiger partial charge in [0.1, 0.15) is 0 Å². The molecule has 1 atom stereocenters. The van der Waals surface area contributed by atoms with Crippen molar-refractivity contribution in [1.82, 2.24) is 15.1 Å². The SMILES string of the molecule is CC(C)(C)C(N)c1noc(-c2cccc3cccnc23)n1. The zero-order valence-corrected chi connectivity index (χ0v) is 12.4. The minimum Gasteiger partial charge on any atom is -0.334 e. The maximum atomic E-state index is 6.18. The third-order valence-electron chi connectivity index (χ3n) is 3.52. The number of pyridine rings is 1. The number of nitrogens with two attached hydrogens (primary N) is 1. The normalized spacial score (nSPS) is 13.5. The monoisotopic (exact) mass is 282 g/mol. The summed E-state index contributed by atoms with van der Waals surface area (Å²) in [5.74, 6) is 0.972. The molecule has 3 rings (SSSR count). The summed E-state index contributed by atoms with van der Waals surface area (Å²) in [5.41, 5.74) is 7.72. The first kappa shape index (κ1) is 13.7. The molecule has 0 saturated carbocycles. The van der Waals surface area contributed by atoms with Crippen LogP contribution in [0.1, 0.15) is 32.6 Å². The van der Waals surface area contributed by atoms with Gasteiger partial charge in [0.05, 0.1) is 17.1 Å². The van der Waals surface area contributed by atoms with Crippen LogP contribution in [0.5, 0.6) is 0 Å². The zero-order chi connectivity index (χ0) is 15.0. The predicted molar refractivity (Wildman–Crippen MR) is 81.4 cm³/mol. The highest BCUT2D eigenvalue weighted by Gasteiger charge is 2.27. The standard InChI is InChI=1S/C16H18N4O/c1-16(2,3)13(17)14-19-15(21-20-14)11-8-4-6-10-7-5-9-18-12(10)11/h4-9,13H,17H2,1-3H3. The molecule has 3 aromatic rings. The number of rotatable bonds is 2. The average molecular weight is 282 g/mol. The van der Waals surface area contributed by atoms with E-state index in [1.165, 1.54) is 0 Å². The van der Waals surface area contributed by atoms with Crippen LogP contribution in [-0.4, -0.2) is 15.1 Å². The van der Waals surface area contributed by atoms with E-state index >= 15 is 0 Å². The number of hydrogen-bond donors (Lipinski definition) is 1. The molecule has 1 aromatic carbocycles. The molecule has 2 heterocycles. The first-order valence-corrected chi connectivity index (χ1v) is 6.90. The third-order valence-corrected chi connectivity index (χ3v) is 3.52. The highest BCUT2D eigenvalue weighted by molar-refractivity contribution is 5.91. The Labute approximate surface area is 123 Å². The van der Waals surface area contributed by atoms with Crippen molar-refractivity contribution < 1.29 is 4.52 Å². The van der Waals surface area contributed by atoms with Crippen LogP contribution in [0.2, 0.25) is 0 Å². The molecule has 5 nitrogen and oxygen atoms in total. The van der Waals surface area contributed by atoms with E-state index in [1.54, 1.807) is 6.20 Å². The van der Waals surface area contributed by atoms with Gasteiger partial charge in [0.25, 0.3) is 5.89 Å². The Morgan fingerprint density at radius 2 is 1.90 bits per heavy atom. The van der Waals surface area contributed by atoms with Crippen molar-refractivity contribution >= 4 is 10.9 Å². The quantitative estimate of drug-likeness (QED) is 0.780. The zero-order valence-electron chi connectivity index (χ0n) is 12.4. The van der Waals surface area contributed by atoms with Gasteiger partial charge >= 0.3 is 0 Å². The summed E-state index contributed by atoms with van der Waals surface area (Å²) >= 11 is 0. The Kier molecular flexibility index (Phi) is 3.22. The summed E-state index contributed by atoms with van der Waals surface area (Å²) in [6.45, 7) is 6.15. The first-order chi connectivity index (χ1) is 9.97. The van der Waals surface area contributed by atoms with Crippen LogP contribution in [0.25, 0.3) is 22.4 Å². The van der Waals surface area contributed by atoms with E-state index in [2.05, 4.69) is 15.1 Å². The van der Waals surface area contributed by atoms with Gasteiger partial charge in [0.2, 0.25) is 0 Å². The van der Waals surface area contributed by atoms with Crippen LogP contribution in [-0.2, 0) is 0 Å². The average Bonchev–Trinajstić information content (AvgIpc) is 2.94. The van der Waals surface area contributed by atoms with Gasteiger partial charge < -0.3 is 10.3 Å². The number of nitrogens with zero attached hydrogens (tertiary/aromatic N) is 3. The van der Waals surface area contributed by atoms with E-state index in [-0.39, 0.29) is 11.5 Å². The van der Waals surface area contributed by atoms with Crippen molar-refractivity contribution in [3.8, 4) is 11.5 Å². The first-order valence-electron chi connectivity index (χ1n) is 6.90. The molecular formula is C16H18N4O. The predicted octanol–water partition coefficient (Wildman–Crippen LogP) is 3.33. The molecular weight excluding hydrogens is 264 g/mol. The Balaban J connectivity index is 2.07. The second-order valence-corrected chi connectivity index (χ2v) is 6.18. The van der Waals surface area contributed by atoms with E-state index in [9.17, 15) is 0 Å². The molecule has 0 radical (unpaired) electrons. The Morgan fingerprint density at radius 3 is 2.67 bits per heavy atom. The molecule has 108 valence electrons. The van der Waals surface area contributed by atoms with Gasteiger partial charge in [0.15, 0.2) is 5.82 Å². The molecule has 0 saturated heterocycles. The van der Waals surface area contributed by atoms with E-state index in [4.69, 9.17) is 10.3 Å². The van der Waals surface area contributed by atoms with Crippen molar-refractivity contribution in [2.24, 2.45) is 11.1 Å². The molecule has 0 fully saturated rings. The highest BCUT2D eigenvalue weighted by Crippen LogP contribution is 2.31. The van der Waals surface area contributed by atoms with Gasteiger partial charge in [-0.3, -0.25) is 4.98 Å². The summed E-state index contributed by atoms with van der Waals surface area (Å²) < 4.78 is 5.39. The molecule has 2 aromatic heterocycles. The van der Waals surface area contributed by atoms with Crippen LogP contribution in [0.3, 0.4) is 0 Å². The van der Waals surface area contributed by atoms with Crippen molar-refractivity contribution in [3.05, 3.63) is 42.4 Å². The fourth-order valence-corrected chi connectivity index (χ4v) is 2.13. The van der Waals surface area contributed by atoms with Gasteiger partial charge in [-0.25, -0.2) is 0 Å². The summed E-state index contributed by atoms with van der Waals surface area (Å²) in [7, 11) is 0. The fourth-order valence-electron chi connectivity index (χ4n) is 2.13. The topological polar surface area (TPSA) is 77.8 Å². The van der Waals surface area contributed by atoms with E-state index < -0.39 is 0 Å². The molecule has 2 N–H and O–H groups in total. The summed E-state index contributed by atoms with van der Waals surface area (Å²) in [6, 6.07) is 9.51. The minimum absolute atomic E-state index is 0.127. The molecule has 0 amide bonds. The lowest BCUT2D eigenvalue weighted by Gasteiger charge is -2.23. The van der Waals surface area contributed by atoms with E-state index in [1.807, 2.05) is 51.1 Å². The Bertz CT molecular complexity index is 768. The Morgan fingerprint density at radius 1 is 1.14 bits per heavy atom. The molecule has 21 heavy (non-hydrogen) atoms. The largest absolute Gasteiger partial charge is 0.334 e. The van der Waals surface area contributed by atoms with Crippen molar-refractivity contribution in [2.75, 3.05) is 0 Å². The smallest absolute Gasteiger partial charge is 0.260 e. The van der Waals surface area contributed by atoms with Gasteiger partial charge in [0, 0.05) is 11.6 Å². The molecule has 0 bridgehead atoms. The fraction of sp³-hybridized carbons (Fsp3) is 0.312. The second-order valence-electron chi connectivity index (χ2n) is 6.18. The third kappa shape index (κ3) is 2.52. The molecule has 5 heteroatoms. The van der Waals surface area contributed by atoms with Crippen LogP contribution in [0, 0.1) is 5.41 Å². The summed E-state index contributed by atoms with van der Waals surface area (Å²) in [4.78, 5) is 8.86. The molecule has 0 aliphatic carbocycles. The lowest BCUT2D eigenvalue weighted by molar-refractivity contribution is 0.303. The number of para-hydroxylation sites is 1. The number of aromatic nitrogens is 3. The van der Waals surface area contributed by atoms with Crippen molar-refractivity contribution in [1.29, 1.82) is 0 Å². The van der Waals surface area contributed by atoms with Crippen LogP contribution in [0.15, 0.2) is 41.1 Å². The molecule has 0 aliphatic heterocycles. The minimum atomic E-state index is -0.280. The van der Waals surface area contributed by atoms with Crippen molar-refractivity contribution in [2.45, 2.75) is 26.8 Å². The lowest BCUT2D eigenvalue weighted by atomic mass is 9.87.